The number of nitrogens with zero attached hydrogens (tertiary/aromatic N) is 2. The molecular formula is C33H39N5O. The maximum absolute atomic E-state index is 13.0. The van der Waals surface area contributed by atoms with Crippen LogP contribution in [0.5, 0.6) is 0 Å². The zero-order valence-corrected chi connectivity index (χ0v) is 23.0. The Balaban J connectivity index is 1.14. The van der Waals surface area contributed by atoms with Gasteiger partial charge in [0.25, 0.3) is 0 Å². The first-order valence-electron chi connectivity index (χ1n) is 14.5. The zero-order chi connectivity index (χ0) is 26.9. The van der Waals surface area contributed by atoms with E-state index in [0.29, 0.717) is 5.92 Å². The molecule has 0 bridgehead atoms. The van der Waals surface area contributed by atoms with Gasteiger partial charge < -0.3 is 20.6 Å². The smallest absolute Gasteiger partial charge is 0.240 e. The number of nitrogens with one attached hydrogen (secondary N) is 2. The van der Waals surface area contributed by atoms with Crippen LogP contribution in [0.1, 0.15) is 75.9 Å². The monoisotopic (exact) mass is 521 g/mol. The van der Waals surface area contributed by atoms with Crippen LogP contribution in [-0.2, 0) is 4.79 Å². The molecule has 6 rings (SSSR count). The number of carbonyl (C=O) groups excluding carboxylic acids is 1. The van der Waals surface area contributed by atoms with Gasteiger partial charge in [-0.25, -0.2) is 4.98 Å². The topological polar surface area (TPSA) is 90.8 Å². The van der Waals surface area contributed by atoms with E-state index < -0.39 is 6.04 Å². The maximum atomic E-state index is 13.0. The average molecular weight is 522 g/mol. The lowest BCUT2D eigenvalue weighted by Crippen LogP contribution is -2.46. The number of imidazole rings is 1. The van der Waals surface area contributed by atoms with Crippen molar-refractivity contribution in [1.82, 2.24) is 19.9 Å². The quantitative estimate of drug-likeness (QED) is 0.243. The summed E-state index contributed by atoms with van der Waals surface area (Å²) >= 11 is 0. The Labute approximate surface area is 231 Å². The summed E-state index contributed by atoms with van der Waals surface area (Å²) in [5.74, 6) is 1.92. The highest BCUT2D eigenvalue weighted by molar-refractivity contribution is 5.82. The Hall–Kier alpha value is -3.64. The van der Waals surface area contributed by atoms with E-state index in [0.717, 1.165) is 47.9 Å². The fourth-order valence-electron chi connectivity index (χ4n) is 6.18. The zero-order valence-electron chi connectivity index (χ0n) is 23.0. The molecule has 0 radical (unpaired) electrons. The molecule has 1 saturated heterocycles. The molecule has 2 aromatic heterocycles. The van der Waals surface area contributed by atoms with E-state index in [9.17, 15) is 4.79 Å². The highest BCUT2D eigenvalue weighted by Crippen LogP contribution is 2.35. The van der Waals surface area contributed by atoms with E-state index >= 15 is 0 Å². The number of likely N-dealkylation sites (tertiary alicyclic amines) is 1. The van der Waals surface area contributed by atoms with Crippen LogP contribution in [0.4, 0.5) is 0 Å². The molecule has 1 saturated carbocycles. The number of rotatable bonds is 7. The Kier molecular flexibility index (Phi) is 7.13. The Bertz CT molecular complexity index is 1410. The van der Waals surface area contributed by atoms with E-state index in [1.165, 1.54) is 42.4 Å². The van der Waals surface area contributed by atoms with Gasteiger partial charge in [-0.2, -0.15) is 0 Å². The Morgan fingerprint density at radius 3 is 2.08 bits per heavy atom. The average Bonchev–Trinajstić information content (AvgIpc) is 3.78. The summed E-state index contributed by atoms with van der Waals surface area (Å²) in [5.41, 5.74) is 14.1. The molecule has 2 aliphatic rings. The molecule has 39 heavy (non-hydrogen) atoms. The first kappa shape index (κ1) is 25.6. The van der Waals surface area contributed by atoms with Gasteiger partial charge >= 0.3 is 0 Å². The van der Waals surface area contributed by atoms with Gasteiger partial charge in [-0.1, -0.05) is 75.2 Å². The van der Waals surface area contributed by atoms with Crippen molar-refractivity contribution in [3.05, 3.63) is 78.4 Å². The van der Waals surface area contributed by atoms with Crippen LogP contribution in [0.15, 0.2) is 66.9 Å². The number of hydrogen-bond acceptors (Lipinski definition) is 3. The van der Waals surface area contributed by atoms with Crippen molar-refractivity contribution in [3.8, 4) is 33.6 Å². The fourth-order valence-corrected chi connectivity index (χ4v) is 6.18. The molecule has 1 amide bonds. The van der Waals surface area contributed by atoms with Crippen LogP contribution < -0.4 is 5.73 Å². The number of carbonyl (C=O) groups is 1. The largest absolute Gasteiger partial charge is 0.357 e. The van der Waals surface area contributed by atoms with E-state index in [-0.39, 0.29) is 17.9 Å². The number of aromatic amines is 2. The van der Waals surface area contributed by atoms with Gasteiger partial charge in [0.05, 0.1) is 24.0 Å². The van der Waals surface area contributed by atoms with Crippen LogP contribution in [0, 0.1) is 5.92 Å². The van der Waals surface area contributed by atoms with Crippen molar-refractivity contribution >= 4 is 5.91 Å². The van der Waals surface area contributed by atoms with Crippen LogP contribution in [-0.4, -0.2) is 38.3 Å². The first-order chi connectivity index (χ1) is 19.0. The second kappa shape index (κ2) is 10.9. The molecule has 4 N–H and O–H groups in total. The molecule has 0 spiro atoms. The molecule has 2 atom stereocenters. The minimum Gasteiger partial charge on any atom is -0.357 e. The summed E-state index contributed by atoms with van der Waals surface area (Å²) in [6.07, 6.45) is 9.06. The lowest BCUT2D eigenvalue weighted by molar-refractivity contribution is -0.134. The van der Waals surface area contributed by atoms with Gasteiger partial charge in [0.2, 0.25) is 5.91 Å². The molecule has 0 unspecified atom stereocenters. The predicted octanol–water partition coefficient (Wildman–Crippen LogP) is 7.04. The molecule has 202 valence electrons. The molecule has 1 aliphatic carbocycles. The van der Waals surface area contributed by atoms with Crippen LogP contribution in [0.2, 0.25) is 0 Å². The van der Waals surface area contributed by atoms with E-state index in [1.807, 2.05) is 24.9 Å². The van der Waals surface area contributed by atoms with Crippen molar-refractivity contribution < 1.29 is 4.79 Å². The number of aromatic nitrogens is 3. The van der Waals surface area contributed by atoms with Crippen molar-refractivity contribution in [1.29, 1.82) is 0 Å². The number of hydrogen-bond donors (Lipinski definition) is 3. The van der Waals surface area contributed by atoms with Crippen LogP contribution >= 0.6 is 0 Å². The first-order valence-corrected chi connectivity index (χ1v) is 14.5. The third kappa shape index (κ3) is 5.18. The minimum atomic E-state index is -0.449. The number of nitrogens with two attached hydrogens (primary N) is 1. The van der Waals surface area contributed by atoms with Crippen molar-refractivity contribution in [2.75, 3.05) is 6.54 Å². The summed E-state index contributed by atoms with van der Waals surface area (Å²) in [4.78, 5) is 26.7. The highest BCUT2D eigenvalue weighted by atomic mass is 16.2. The van der Waals surface area contributed by atoms with Crippen molar-refractivity contribution in [2.45, 2.75) is 70.4 Å². The number of H-pyrrole nitrogens is 2. The molecule has 4 aromatic rings. The Morgan fingerprint density at radius 1 is 0.821 bits per heavy atom. The van der Waals surface area contributed by atoms with E-state index in [4.69, 9.17) is 5.73 Å². The molecule has 6 nitrogen and oxygen atoms in total. The third-order valence-electron chi connectivity index (χ3n) is 8.67. The number of benzene rings is 2. The molecule has 2 fully saturated rings. The predicted molar refractivity (Wildman–Crippen MR) is 157 cm³/mol. The van der Waals surface area contributed by atoms with Crippen LogP contribution in [0.25, 0.3) is 33.6 Å². The molecular weight excluding hydrogens is 482 g/mol. The van der Waals surface area contributed by atoms with Gasteiger partial charge in [-0.15, -0.1) is 0 Å². The van der Waals surface area contributed by atoms with Crippen molar-refractivity contribution in [3.63, 3.8) is 0 Å². The fraction of sp³-hybridized carbons (Fsp3) is 0.394. The SMILES string of the molecule is CC(C)[C@H](N)C(=O)N1CCC[C@H]1c1ccc(-c2ccc(-c3ccc(-c4cnc(C5CCCC5)[nH]4)cc3)cc2)[nH]1. The maximum Gasteiger partial charge on any atom is 0.240 e. The second-order valence-electron chi connectivity index (χ2n) is 11.6. The molecule has 2 aromatic carbocycles. The highest BCUT2D eigenvalue weighted by Gasteiger charge is 2.34. The van der Waals surface area contributed by atoms with Gasteiger partial charge in [0, 0.05) is 23.9 Å². The van der Waals surface area contributed by atoms with Crippen molar-refractivity contribution in [2.24, 2.45) is 11.7 Å². The lowest BCUT2D eigenvalue weighted by Gasteiger charge is -2.28. The third-order valence-corrected chi connectivity index (χ3v) is 8.67. The summed E-state index contributed by atoms with van der Waals surface area (Å²) in [7, 11) is 0. The van der Waals surface area contributed by atoms with Gasteiger partial charge in [0.1, 0.15) is 5.82 Å². The molecule has 6 heteroatoms. The molecule has 1 aliphatic heterocycles. The summed E-state index contributed by atoms with van der Waals surface area (Å²) in [6, 6.07) is 21.2. The number of amides is 1. The van der Waals surface area contributed by atoms with E-state index in [1.54, 1.807) is 0 Å². The van der Waals surface area contributed by atoms with Gasteiger partial charge in [0.15, 0.2) is 0 Å². The normalized spacial score (nSPS) is 18.8. The van der Waals surface area contributed by atoms with Gasteiger partial charge in [-0.05, 0) is 66.0 Å². The summed E-state index contributed by atoms with van der Waals surface area (Å²) in [6.45, 7) is 4.78. The Morgan fingerprint density at radius 2 is 1.44 bits per heavy atom. The second-order valence-corrected chi connectivity index (χ2v) is 11.6. The molecule has 3 heterocycles. The van der Waals surface area contributed by atoms with Gasteiger partial charge in [-0.3, -0.25) is 4.79 Å². The van der Waals surface area contributed by atoms with Crippen LogP contribution in [0.3, 0.4) is 0 Å². The summed E-state index contributed by atoms with van der Waals surface area (Å²) < 4.78 is 0. The lowest BCUT2D eigenvalue weighted by atomic mass is 10.0. The minimum absolute atomic E-state index is 0.0563. The van der Waals surface area contributed by atoms with E-state index in [2.05, 4.69) is 75.6 Å². The summed E-state index contributed by atoms with van der Waals surface area (Å²) in [5, 5.41) is 0. The standard InChI is InChI=1S/C33H39N5O/c1-21(2)31(34)33(39)38-19-5-8-30(38)28-18-17-27(36-28)24-13-9-22(10-14-24)23-11-15-25(16-12-23)29-20-35-32(37-29)26-6-3-4-7-26/h9-18,20-21,26,30-31,36H,3-8,19,34H2,1-2H3,(H,35,37)/t30-,31-/m0/s1.